The summed E-state index contributed by atoms with van der Waals surface area (Å²) in [6, 6.07) is 3.97. The lowest BCUT2D eigenvalue weighted by molar-refractivity contribution is 0.269. The van der Waals surface area contributed by atoms with Crippen molar-refractivity contribution in [2.24, 2.45) is 11.3 Å². The van der Waals surface area contributed by atoms with E-state index in [-0.39, 0.29) is 5.41 Å². The second-order valence-corrected chi connectivity index (χ2v) is 5.77. The van der Waals surface area contributed by atoms with Crippen molar-refractivity contribution in [1.82, 2.24) is 9.97 Å². The summed E-state index contributed by atoms with van der Waals surface area (Å²) in [6.07, 6.45) is 1.52. The Bertz CT molecular complexity index is 447. The van der Waals surface area contributed by atoms with Crippen molar-refractivity contribution in [3.8, 4) is 6.07 Å². The molecule has 0 aromatic carbocycles. The molecule has 1 aromatic rings. The summed E-state index contributed by atoms with van der Waals surface area (Å²) < 4.78 is 0. The van der Waals surface area contributed by atoms with Gasteiger partial charge in [-0.25, -0.2) is 9.97 Å². The van der Waals surface area contributed by atoms with E-state index in [9.17, 15) is 0 Å². The SMILES string of the molecule is CC(C)C(C)(C)CNc1cc(N(C)CC#N)ncn1. The number of nitriles is 1. The maximum absolute atomic E-state index is 8.69. The summed E-state index contributed by atoms with van der Waals surface area (Å²) in [7, 11) is 1.84. The van der Waals surface area contributed by atoms with Gasteiger partial charge in [-0.3, -0.25) is 0 Å². The molecule has 0 aliphatic carbocycles. The molecule has 0 saturated heterocycles. The molecule has 1 N–H and O–H groups in total. The van der Waals surface area contributed by atoms with Crippen LogP contribution in [-0.4, -0.2) is 30.1 Å². The largest absolute Gasteiger partial charge is 0.369 e. The van der Waals surface area contributed by atoms with Crippen LogP contribution in [0.4, 0.5) is 11.6 Å². The minimum Gasteiger partial charge on any atom is -0.369 e. The first kappa shape index (κ1) is 15.2. The van der Waals surface area contributed by atoms with Crippen LogP contribution in [0.5, 0.6) is 0 Å². The molecular formula is C14H23N5. The molecule has 0 amide bonds. The van der Waals surface area contributed by atoms with E-state index in [2.05, 4.69) is 49.0 Å². The lowest BCUT2D eigenvalue weighted by Crippen LogP contribution is -2.29. The third-order valence-corrected chi connectivity index (χ3v) is 3.64. The highest BCUT2D eigenvalue weighted by Crippen LogP contribution is 2.26. The molecule has 0 atom stereocenters. The molecule has 0 unspecified atom stereocenters. The third kappa shape index (κ3) is 4.40. The summed E-state index contributed by atoms with van der Waals surface area (Å²) >= 11 is 0. The predicted molar refractivity (Wildman–Crippen MR) is 78.0 cm³/mol. The molecule has 0 fully saturated rings. The molecule has 1 aromatic heterocycles. The molecule has 0 spiro atoms. The topological polar surface area (TPSA) is 64.8 Å². The molecule has 0 radical (unpaired) electrons. The van der Waals surface area contributed by atoms with Gasteiger partial charge < -0.3 is 10.2 Å². The van der Waals surface area contributed by atoms with Gasteiger partial charge in [0, 0.05) is 19.7 Å². The molecular weight excluding hydrogens is 238 g/mol. The highest BCUT2D eigenvalue weighted by atomic mass is 15.2. The number of aromatic nitrogens is 2. The van der Waals surface area contributed by atoms with Crippen LogP contribution >= 0.6 is 0 Å². The van der Waals surface area contributed by atoms with Crippen molar-refractivity contribution in [1.29, 1.82) is 5.26 Å². The number of anilines is 2. The van der Waals surface area contributed by atoms with Crippen molar-refractivity contribution >= 4 is 11.6 Å². The number of nitrogens with zero attached hydrogens (tertiary/aromatic N) is 4. The van der Waals surface area contributed by atoms with E-state index in [0.717, 1.165) is 18.2 Å². The summed E-state index contributed by atoms with van der Waals surface area (Å²) in [5.74, 6) is 2.13. The molecule has 0 aliphatic heterocycles. The molecule has 104 valence electrons. The predicted octanol–water partition coefficient (Wildman–Crippen LogP) is 2.53. The summed E-state index contributed by atoms with van der Waals surface area (Å²) in [5.41, 5.74) is 0.198. The Morgan fingerprint density at radius 3 is 2.68 bits per heavy atom. The van der Waals surface area contributed by atoms with Crippen LogP contribution in [0.15, 0.2) is 12.4 Å². The van der Waals surface area contributed by atoms with Crippen molar-refractivity contribution in [3.05, 3.63) is 12.4 Å². The third-order valence-electron chi connectivity index (χ3n) is 3.64. The first-order valence-corrected chi connectivity index (χ1v) is 6.51. The fourth-order valence-corrected chi connectivity index (χ4v) is 1.36. The highest BCUT2D eigenvalue weighted by Gasteiger charge is 2.22. The Hall–Kier alpha value is -1.83. The smallest absolute Gasteiger partial charge is 0.134 e. The number of hydrogen-bond donors (Lipinski definition) is 1. The average molecular weight is 261 g/mol. The van der Waals surface area contributed by atoms with Crippen LogP contribution in [0.25, 0.3) is 0 Å². The Kier molecular flexibility index (Phi) is 5.11. The molecule has 5 nitrogen and oxygen atoms in total. The fraction of sp³-hybridized carbons (Fsp3) is 0.643. The first-order valence-electron chi connectivity index (χ1n) is 6.51. The maximum atomic E-state index is 8.69. The molecule has 0 bridgehead atoms. The van der Waals surface area contributed by atoms with Gasteiger partial charge in [-0.2, -0.15) is 5.26 Å². The van der Waals surface area contributed by atoms with E-state index in [1.165, 1.54) is 6.33 Å². The zero-order valence-electron chi connectivity index (χ0n) is 12.4. The van der Waals surface area contributed by atoms with Gasteiger partial charge >= 0.3 is 0 Å². The van der Waals surface area contributed by atoms with Gasteiger partial charge in [-0.1, -0.05) is 27.7 Å². The van der Waals surface area contributed by atoms with E-state index in [0.29, 0.717) is 12.5 Å². The number of rotatable bonds is 6. The van der Waals surface area contributed by atoms with E-state index in [4.69, 9.17) is 5.26 Å². The quantitative estimate of drug-likeness (QED) is 0.797. The van der Waals surface area contributed by atoms with Crippen molar-refractivity contribution < 1.29 is 0 Å². The Balaban J connectivity index is 2.71. The van der Waals surface area contributed by atoms with Gasteiger partial charge in [0.2, 0.25) is 0 Å². The fourth-order valence-electron chi connectivity index (χ4n) is 1.36. The van der Waals surface area contributed by atoms with E-state index in [1.807, 2.05) is 13.1 Å². The van der Waals surface area contributed by atoms with E-state index in [1.54, 1.807) is 4.90 Å². The Morgan fingerprint density at radius 1 is 1.42 bits per heavy atom. The molecule has 1 heterocycles. The van der Waals surface area contributed by atoms with Crippen molar-refractivity contribution in [2.75, 3.05) is 30.4 Å². The second-order valence-electron chi connectivity index (χ2n) is 5.77. The number of nitrogens with one attached hydrogen (secondary N) is 1. The summed E-state index contributed by atoms with van der Waals surface area (Å²) in [6.45, 7) is 10.1. The van der Waals surface area contributed by atoms with Crippen LogP contribution in [-0.2, 0) is 0 Å². The van der Waals surface area contributed by atoms with Crippen LogP contribution in [0, 0.1) is 22.7 Å². The molecule has 0 saturated carbocycles. The van der Waals surface area contributed by atoms with Gasteiger partial charge in [-0.15, -0.1) is 0 Å². The van der Waals surface area contributed by atoms with Crippen LogP contribution in [0.3, 0.4) is 0 Å². The van der Waals surface area contributed by atoms with Crippen LogP contribution < -0.4 is 10.2 Å². The monoisotopic (exact) mass is 261 g/mol. The molecule has 1 rings (SSSR count). The maximum Gasteiger partial charge on any atom is 0.134 e. The minimum absolute atomic E-state index is 0.198. The lowest BCUT2D eigenvalue weighted by atomic mass is 9.81. The average Bonchev–Trinajstić information content (AvgIpc) is 2.37. The lowest BCUT2D eigenvalue weighted by Gasteiger charge is -2.29. The van der Waals surface area contributed by atoms with Crippen LogP contribution in [0.1, 0.15) is 27.7 Å². The van der Waals surface area contributed by atoms with Crippen molar-refractivity contribution in [3.63, 3.8) is 0 Å². The van der Waals surface area contributed by atoms with E-state index < -0.39 is 0 Å². The minimum atomic E-state index is 0.198. The van der Waals surface area contributed by atoms with E-state index >= 15 is 0 Å². The second kappa shape index (κ2) is 6.37. The first-order chi connectivity index (χ1) is 8.86. The van der Waals surface area contributed by atoms with Gasteiger partial charge in [0.05, 0.1) is 6.07 Å². The van der Waals surface area contributed by atoms with Gasteiger partial charge in [-0.05, 0) is 11.3 Å². The molecule has 0 aliphatic rings. The highest BCUT2D eigenvalue weighted by molar-refractivity contribution is 5.48. The Morgan fingerprint density at radius 2 is 2.11 bits per heavy atom. The zero-order chi connectivity index (χ0) is 14.5. The zero-order valence-corrected chi connectivity index (χ0v) is 12.4. The van der Waals surface area contributed by atoms with Crippen LogP contribution in [0.2, 0.25) is 0 Å². The van der Waals surface area contributed by atoms with Gasteiger partial charge in [0.25, 0.3) is 0 Å². The molecule has 19 heavy (non-hydrogen) atoms. The summed E-state index contributed by atoms with van der Waals surface area (Å²) in [5, 5.41) is 12.0. The Labute approximate surface area is 115 Å². The van der Waals surface area contributed by atoms with Gasteiger partial charge in [0.15, 0.2) is 0 Å². The van der Waals surface area contributed by atoms with Gasteiger partial charge in [0.1, 0.15) is 24.5 Å². The molecule has 5 heteroatoms. The standard InChI is InChI=1S/C14H23N5/c1-11(2)14(3,4)9-16-12-8-13(18-10-17-12)19(5)7-6-15/h8,10-11H,7,9H2,1-5H3,(H,16,17,18). The normalized spacial score (nSPS) is 11.2. The van der Waals surface area contributed by atoms with Crippen molar-refractivity contribution in [2.45, 2.75) is 27.7 Å². The number of hydrogen-bond acceptors (Lipinski definition) is 5. The summed E-state index contributed by atoms with van der Waals surface area (Å²) in [4.78, 5) is 10.2.